The molecule has 1 aliphatic rings. The van der Waals surface area contributed by atoms with E-state index < -0.39 is 0 Å². The first-order valence-electron chi connectivity index (χ1n) is 6.04. The summed E-state index contributed by atoms with van der Waals surface area (Å²) in [6.45, 7) is 0. The van der Waals surface area contributed by atoms with Crippen LogP contribution in [0.2, 0.25) is 0 Å². The number of hydrogen-bond acceptors (Lipinski definition) is 3. The molecule has 1 aliphatic carbocycles. The van der Waals surface area contributed by atoms with Crippen molar-refractivity contribution in [3.8, 4) is 17.1 Å². The SMILES string of the molecule is c1cc(-c2ccsc2)n(-c2cc(C3CC3)[nH]n2)n1. The molecule has 0 spiro atoms. The fourth-order valence-electron chi connectivity index (χ4n) is 2.15. The lowest BCUT2D eigenvalue weighted by atomic mass is 10.2. The average molecular weight is 256 g/mol. The normalized spacial score (nSPS) is 15.1. The molecule has 3 heterocycles. The summed E-state index contributed by atoms with van der Waals surface area (Å²) < 4.78 is 1.89. The summed E-state index contributed by atoms with van der Waals surface area (Å²) in [6.07, 6.45) is 4.37. The number of nitrogens with one attached hydrogen (secondary N) is 1. The summed E-state index contributed by atoms with van der Waals surface area (Å²) in [5, 5.41) is 16.1. The fraction of sp³-hybridized carbons (Fsp3) is 0.231. The van der Waals surface area contributed by atoms with E-state index in [1.54, 1.807) is 11.3 Å². The Hall–Kier alpha value is -1.88. The van der Waals surface area contributed by atoms with Crippen LogP contribution in [0.1, 0.15) is 24.5 Å². The van der Waals surface area contributed by atoms with Crippen LogP contribution in [0.3, 0.4) is 0 Å². The molecule has 3 aromatic rings. The van der Waals surface area contributed by atoms with E-state index in [1.807, 2.05) is 16.9 Å². The molecule has 90 valence electrons. The molecule has 3 aromatic heterocycles. The minimum Gasteiger partial charge on any atom is -0.280 e. The van der Waals surface area contributed by atoms with Crippen LogP contribution in [0, 0.1) is 0 Å². The van der Waals surface area contributed by atoms with Crippen LogP contribution in [-0.4, -0.2) is 20.0 Å². The Bertz CT molecular complexity index is 661. The van der Waals surface area contributed by atoms with Gasteiger partial charge in [-0.3, -0.25) is 5.10 Å². The molecule has 0 atom stereocenters. The number of nitrogens with zero attached hydrogens (tertiary/aromatic N) is 3. The van der Waals surface area contributed by atoms with Gasteiger partial charge in [0, 0.05) is 28.6 Å². The van der Waals surface area contributed by atoms with Gasteiger partial charge in [0.1, 0.15) is 0 Å². The zero-order valence-corrected chi connectivity index (χ0v) is 10.5. The molecule has 18 heavy (non-hydrogen) atoms. The molecule has 4 nitrogen and oxygen atoms in total. The summed E-state index contributed by atoms with van der Waals surface area (Å²) in [4.78, 5) is 0. The Balaban J connectivity index is 1.77. The minimum absolute atomic E-state index is 0.686. The average Bonchev–Trinajstić information content (AvgIpc) is 2.91. The molecule has 1 N–H and O–H groups in total. The van der Waals surface area contributed by atoms with E-state index in [4.69, 9.17) is 0 Å². The van der Waals surface area contributed by atoms with Crippen molar-refractivity contribution in [3.63, 3.8) is 0 Å². The standard InChI is InChI=1S/C13H12N4S/c1-2-9(1)11-7-13(16-15-11)17-12(3-5-14-17)10-4-6-18-8-10/h3-9H,1-2H2,(H,15,16). The second-order valence-electron chi connectivity index (χ2n) is 4.60. The lowest BCUT2D eigenvalue weighted by Gasteiger charge is -2.01. The van der Waals surface area contributed by atoms with Gasteiger partial charge in [0.2, 0.25) is 0 Å². The highest BCUT2D eigenvalue weighted by atomic mass is 32.1. The number of thiophene rings is 1. The molecule has 0 aliphatic heterocycles. The highest BCUT2D eigenvalue weighted by Crippen LogP contribution is 2.39. The maximum atomic E-state index is 4.37. The summed E-state index contributed by atoms with van der Waals surface area (Å²) >= 11 is 1.69. The summed E-state index contributed by atoms with van der Waals surface area (Å²) in [5.74, 6) is 1.56. The Labute approximate surface area is 108 Å². The maximum Gasteiger partial charge on any atom is 0.175 e. The second kappa shape index (κ2) is 3.81. The monoisotopic (exact) mass is 256 g/mol. The van der Waals surface area contributed by atoms with Crippen LogP contribution >= 0.6 is 11.3 Å². The Morgan fingerprint density at radius 1 is 1.33 bits per heavy atom. The van der Waals surface area contributed by atoms with Crippen molar-refractivity contribution < 1.29 is 0 Å². The van der Waals surface area contributed by atoms with E-state index in [-0.39, 0.29) is 0 Å². The lowest BCUT2D eigenvalue weighted by Crippen LogP contribution is -1.98. The van der Waals surface area contributed by atoms with Gasteiger partial charge >= 0.3 is 0 Å². The summed E-state index contributed by atoms with van der Waals surface area (Å²) in [5.41, 5.74) is 3.51. The van der Waals surface area contributed by atoms with E-state index in [0.717, 1.165) is 11.5 Å². The second-order valence-corrected chi connectivity index (χ2v) is 5.38. The van der Waals surface area contributed by atoms with E-state index in [0.29, 0.717) is 5.92 Å². The first-order chi connectivity index (χ1) is 8.92. The molecule has 0 unspecified atom stereocenters. The first-order valence-corrected chi connectivity index (χ1v) is 6.98. The summed E-state index contributed by atoms with van der Waals surface area (Å²) in [7, 11) is 0. The van der Waals surface area contributed by atoms with Crippen molar-refractivity contribution in [2.75, 3.05) is 0 Å². The maximum absolute atomic E-state index is 4.37. The molecule has 5 heteroatoms. The lowest BCUT2D eigenvalue weighted by molar-refractivity contribution is 0.839. The molecule has 0 saturated heterocycles. The first kappa shape index (κ1) is 10.1. The van der Waals surface area contributed by atoms with Gasteiger partial charge in [-0.05, 0) is 30.4 Å². The smallest absolute Gasteiger partial charge is 0.175 e. The number of rotatable bonds is 3. The largest absolute Gasteiger partial charge is 0.280 e. The number of aromatic amines is 1. The highest BCUT2D eigenvalue weighted by Gasteiger charge is 2.26. The van der Waals surface area contributed by atoms with E-state index >= 15 is 0 Å². The number of hydrogen-bond donors (Lipinski definition) is 1. The van der Waals surface area contributed by atoms with Gasteiger partial charge in [0.25, 0.3) is 0 Å². The van der Waals surface area contributed by atoms with Crippen molar-refractivity contribution in [1.29, 1.82) is 0 Å². The van der Waals surface area contributed by atoms with E-state index in [2.05, 4.69) is 38.2 Å². The van der Waals surface area contributed by atoms with Crippen LogP contribution in [0.15, 0.2) is 35.2 Å². The molecule has 0 bridgehead atoms. The van der Waals surface area contributed by atoms with Gasteiger partial charge in [0.05, 0.1) is 11.9 Å². The molecule has 1 fully saturated rings. The molecule has 4 rings (SSSR count). The van der Waals surface area contributed by atoms with Gasteiger partial charge in [-0.2, -0.15) is 21.5 Å². The van der Waals surface area contributed by atoms with E-state index in [9.17, 15) is 0 Å². The molecule has 0 radical (unpaired) electrons. The van der Waals surface area contributed by atoms with Crippen molar-refractivity contribution in [2.45, 2.75) is 18.8 Å². The minimum atomic E-state index is 0.686. The van der Waals surface area contributed by atoms with Crippen LogP contribution in [-0.2, 0) is 0 Å². The molecule has 0 amide bonds. The van der Waals surface area contributed by atoms with Gasteiger partial charge in [-0.15, -0.1) is 0 Å². The third-order valence-corrected chi connectivity index (χ3v) is 3.96. The third-order valence-electron chi connectivity index (χ3n) is 3.28. The number of H-pyrrole nitrogens is 1. The van der Waals surface area contributed by atoms with Crippen LogP contribution in [0.5, 0.6) is 0 Å². The molecule has 1 saturated carbocycles. The van der Waals surface area contributed by atoms with Gasteiger partial charge in [-0.25, -0.2) is 4.68 Å². The summed E-state index contributed by atoms with van der Waals surface area (Å²) in [6, 6.07) is 6.24. The quantitative estimate of drug-likeness (QED) is 0.782. The van der Waals surface area contributed by atoms with Crippen molar-refractivity contribution in [2.24, 2.45) is 0 Å². The zero-order valence-electron chi connectivity index (χ0n) is 9.71. The van der Waals surface area contributed by atoms with Crippen LogP contribution in [0.25, 0.3) is 17.1 Å². The predicted octanol–water partition coefficient (Wildman–Crippen LogP) is 3.20. The fourth-order valence-corrected chi connectivity index (χ4v) is 2.80. The zero-order chi connectivity index (χ0) is 11.9. The Morgan fingerprint density at radius 2 is 2.28 bits per heavy atom. The van der Waals surface area contributed by atoms with Gasteiger partial charge in [-0.1, -0.05) is 0 Å². The van der Waals surface area contributed by atoms with E-state index in [1.165, 1.54) is 24.1 Å². The number of aromatic nitrogens is 4. The van der Waals surface area contributed by atoms with Crippen molar-refractivity contribution in [1.82, 2.24) is 20.0 Å². The highest BCUT2D eigenvalue weighted by molar-refractivity contribution is 7.08. The van der Waals surface area contributed by atoms with Gasteiger partial charge < -0.3 is 0 Å². The third kappa shape index (κ3) is 1.59. The topological polar surface area (TPSA) is 46.5 Å². The Kier molecular flexibility index (Phi) is 2.14. The Morgan fingerprint density at radius 3 is 3.06 bits per heavy atom. The molecular weight excluding hydrogens is 244 g/mol. The molecule has 0 aromatic carbocycles. The molecular formula is C13H12N4S. The van der Waals surface area contributed by atoms with Crippen molar-refractivity contribution in [3.05, 3.63) is 40.8 Å². The van der Waals surface area contributed by atoms with Crippen LogP contribution in [0.4, 0.5) is 0 Å². The van der Waals surface area contributed by atoms with Crippen LogP contribution < -0.4 is 0 Å². The van der Waals surface area contributed by atoms with Gasteiger partial charge in [0.15, 0.2) is 5.82 Å². The van der Waals surface area contributed by atoms with Crippen molar-refractivity contribution >= 4 is 11.3 Å². The predicted molar refractivity (Wildman–Crippen MR) is 71.0 cm³/mol.